The van der Waals surface area contributed by atoms with Gasteiger partial charge in [0.25, 0.3) is 5.91 Å². The second-order valence-corrected chi connectivity index (χ2v) is 5.88. The largest absolute Gasteiger partial charge is 0.399 e. The lowest BCUT2D eigenvalue weighted by molar-refractivity contribution is 0.0643. The van der Waals surface area contributed by atoms with Gasteiger partial charge in [-0.15, -0.1) is 0 Å². The van der Waals surface area contributed by atoms with Gasteiger partial charge in [0.15, 0.2) is 0 Å². The van der Waals surface area contributed by atoms with Crippen LogP contribution in [0.1, 0.15) is 36.5 Å². The number of nitrogen functional groups attached to an aromatic ring is 2. The van der Waals surface area contributed by atoms with E-state index in [9.17, 15) is 4.79 Å². The van der Waals surface area contributed by atoms with E-state index >= 15 is 0 Å². The van der Waals surface area contributed by atoms with Gasteiger partial charge in [-0.2, -0.15) is 0 Å². The van der Waals surface area contributed by atoms with Gasteiger partial charge in [-0.3, -0.25) is 4.79 Å². The summed E-state index contributed by atoms with van der Waals surface area (Å²) < 4.78 is 0. The molecule has 1 fully saturated rings. The molecule has 5 nitrogen and oxygen atoms in total. The van der Waals surface area contributed by atoms with Gasteiger partial charge in [-0.1, -0.05) is 6.92 Å². The normalized spacial score (nSPS) is 16.9. The Balaban J connectivity index is 2.00. The highest BCUT2D eigenvalue weighted by Gasteiger charge is 2.25. The lowest BCUT2D eigenvalue weighted by atomic mass is 10.0. The standard InChI is InChI=1S/C16H26N4O/c1-3-6-20-7-4-15(5-8-20)19(2)16(21)12-9-13(17)11-14(18)10-12/h9-11,15H,3-8,17-18H2,1-2H3. The number of piperidine rings is 1. The third-order valence-electron chi connectivity index (χ3n) is 4.19. The Kier molecular flexibility index (Phi) is 5.07. The molecule has 0 spiro atoms. The first-order chi connectivity index (χ1) is 10.0. The molecule has 1 aliphatic rings. The van der Waals surface area contributed by atoms with Crippen LogP contribution in [-0.4, -0.2) is 48.4 Å². The van der Waals surface area contributed by atoms with E-state index in [1.54, 1.807) is 18.2 Å². The number of carbonyl (C=O) groups is 1. The van der Waals surface area contributed by atoms with E-state index < -0.39 is 0 Å². The molecule has 0 aliphatic carbocycles. The highest BCUT2D eigenvalue weighted by atomic mass is 16.2. The molecule has 0 aromatic heterocycles. The summed E-state index contributed by atoms with van der Waals surface area (Å²) >= 11 is 0. The van der Waals surface area contributed by atoms with E-state index in [-0.39, 0.29) is 5.91 Å². The minimum atomic E-state index is 0.00272. The summed E-state index contributed by atoms with van der Waals surface area (Å²) in [5.74, 6) is 0.00272. The first-order valence-electron chi connectivity index (χ1n) is 7.66. The van der Waals surface area contributed by atoms with Crippen LogP contribution in [-0.2, 0) is 0 Å². The van der Waals surface area contributed by atoms with Gasteiger partial charge < -0.3 is 21.3 Å². The second-order valence-electron chi connectivity index (χ2n) is 5.88. The van der Waals surface area contributed by atoms with Crippen molar-refractivity contribution in [1.29, 1.82) is 0 Å². The zero-order valence-corrected chi connectivity index (χ0v) is 13.0. The number of rotatable bonds is 4. The number of amides is 1. The maximum atomic E-state index is 12.6. The average molecular weight is 290 g/mol. The summed E-state index contributed by atoms with van der Waals surface area (Å²) in [6.45, 7) is 5.48. The highest BCUT2D eigenvalue weighted by molar-refractivity contribution is 5.96. The Morgan fingerprint density at radius 2 is 1.81 bits per heavy atom. The first-order valence-corrected chi connectivity index (χ1v) is 7.66. The molecular weight excluding hydrogens is 264 g/mol. The number of carbonyl (C=O) groups excluding carboxylic acids is 1. The van der Waals surface area contributed by atoms with E-state index in [1.165, 1.54) is 6.42 Å². The Bertz CT molecular complexity index is 475. The minimum Gasteiger partial charge on any atom is -0.399 e. The zero-order valence-electron chi connectivity index (χ0n) is 13.0. The van der Waals surface area contributed by atoms with Crippen LogP contribution in [0.5, 0.6) is 0 Å². The topological polar surface area (TPSA) is 75.6 Å². The van der Waals surface area contributed by atoms with Crippen molar-refractivity contribution in [2.75, 3.05) is 38.1 Å². The fourth-order valence-corrected chi connectivity index (χ4v) is 3.02. The Labute approximate surface area is 126 Å². The van der Waals surface area contributed by atoms with Crippen LogP contribution in [0.4, 0.5) is 11.4 Å². The quantitative estimate of drug-likeness (QED) is 0.829. The molecule has 0 unspecified atom stereocenters. The molecule has 2 rings (SSSR count). The van der Waals surface area contributed by atoms with Gasteiger partial charge in [0, 0.05) is 43.1 Å². The van der Waals surface area contributed by atoms with Crippen molar-refractivity contribution in [2.45, 2.75) is 32.2 Å². The van der Waals surface area contributed by atoms with Crippen molar-refractivity contribution in [3.8, 4) is 0 Å². The number of benzene rings is 1. The summed E-state index contributed by atoms with van der Waals surface area (Å²) in [5, 5.41) is 0. The monoisotopic (exact) mass is 290 g/mol. The maximum Gasteiger partial charge on any atom is 0.253 e. The summed E-state index contributed by atoms with van der Waals surface area (Å²) in [4.78, 5) is 16.9. The fraction of sp³-hybridized carbons (Fsp3) is 0.562. The molecule has 4 N–H and O–H groups in total. The van der Waals surface area contributed by atoms with Crippen LogP contribution < -0.4 is 11.5 Å². The molecule has 0 saturated carbocycles. The van der Waals surface area contributed by atoms with Crippen molar-refractivity contribution in [1.82, 2.24) is 9.80 Å². The molecule has 0 bridgehead atoms. The smallest absolute Gasteiger partial charge is 0.253 e. The number of hydrogen-bond donors (Lipinski definition) is 2. The number of anilines is 2. The highest BCUT2D eigenvalue weighted by Crippen LogP contribution is 2.20. The van der Waals surface area contributed by atoms with E-state index in [2.05, 4.69) is 11.8 Å². The van der Waals surface area contributed by atoms with Crippen LogP contribution >= 0.6 is 0 Å². The number of nitrogens with zero attached hydrogens (tertiary/aromatic N) is 2. The van der Waals surface area contributed by atoms with Crippen molar-refractivity contribution in [2.24, 2.45) is 0 Å². The molecule has 1 aromatic carbocycles. The average Bonchev–Trinajstić information content (AvgIpc) is 2.46. The number of likely N-dealkylation sites (tertiary alicyclic amines) is 1. The third-order valence-corrected chi connectivity index (χ3v) is 4.19. The van der Waals surface area contributed by atoms with E-state index in [1.807, 2.05) is 11.9 Å². The van der Waals surface area contributed by atoms with Crippen LogP contribution in [0, 0.1) is 0 Å². The lowest BCUT2D eigenvalue weighted by Crippen LogP contribution is -2.45. The fourth-order valence-electron chi connectivity index (χ4n) is 3.02. The predicted molar refractivity (Wildman–Crippen MR) is 87.1 cm³/mol. The molecule has 1 saturated heterocycles. The minimum absolute atomic E-state index is 0.00272. The van der Waals surface area contributed by atoms with Gasteiger partial charge in [-0.05, 0) is 44.0 Å². The summed E-state index contributed by atoms with van der Waals surface area (Å²) in [6, 6.07) is 5.36. The van der Waals surface area contributed by atoms with Crippen molar-refractivity contribution >= 4 is 17.3 Å². The van der Waals surface area contributed by atoms with Gasteiger partial charge in [0.2, 0.25) is 0 Å². The molecule has 0 radical (unpaired) electrons. The Morgan fingerprint density at radius 3 is 2.33 bits per heavy atom. The van der Waals surface area contributed by atoms with Crippen molar-refractivity contribution in [3.05, 3.63) is 23.8 Å². The predicted octanol–water partition coefficient (Wildman–Crippen LogP) is 1.80. The molecule has 1 aliphatic heterocycles. The van der Waals surface area contributed by atoms with Crippen molar-refractivity contribution in [3.63, 3.8) is 0 Å². The second kappa shape index (κ2) is 6.80. The van der Waals surface area contributed by atoms with E-state index in [0.29, 0.717) is 23.0 Å². The van der Waals surface area contributed by atoms with Crippen LogP contribution in [0.15, 0.2) is 18.2 Å². The van der Waals surface area contributed by atoms with Gasteiger partial charge in [0.1, 0.15) is 0 Å². The Hall–Kier alpha value is -1.75. The van der Waals surface area contributed by atoms with E-state index in [0.717, 1.165) is 32.5 Å². The number of nitrogens with two attached hydrogens (primary N) is 2. The zero-order chi connectivity index (χ0) is 15.4. The molecule has 116 valence electrons. The molecule has 1 amide bonds. The molecule has 1 heterocycles. The van der Waals surface area contributed by atoms with Gasteiger partial charge in [-0.25, -0.2) is 0 Å². The molecular formula is C16H26N4O. The summed E-state index contributed by atoms with van der Waals surface area (Å²) in [5.41, 5.74) is 13.2. The lowest BCUT2D eigenvalue weighted by Gasteiger charge is -2.36. The molecule has 1 aromatic rings. The molecule has 5 heteroatoms. The number of hydrogen-bond acceptors (Lipinski definition) is 4. The van der Waals surface area contributed by atoms with E-state index in [4.69, 9.17) is 11.5 Å². The third kappa shape index (κ3) is 3.88. The molecule has 0 atom stereocenters. The van der Waals surface area contributed by atoms with Crippen LogP contribution in [0.2, 0.25) is 0 Å². The Morgan fingerprint density at radius 1 is 1.24 bits per heavy atom. The van der Waals surface area contributed by atoms with Crippen LogP contribution in [0.25, 0.3) is 0 Å². The van der Waals surface area contributed by atoms with Gasteiger partial charge in [0.05, 0.1) is 0 Å². The summed E-state index contributed by atoms with van der Waals surface area (Å²) in [7, 11) is 1.88. The first kappa shape index (κ1) is 15.6. The maximum absolute atomic E-state index is 12.6. The summed E-state index contributed by atoms with van der Waals surface area (Å²) in [6.07, 6.45) is 3.24. The van der Waals surface area contributed by atoms with Crippen LogP contribution in [0.3, 0.4) is 0 Å². The SMILES string of the molecule is CCCN1CCC(N(C)C(=O)c2cc(N)cc(N)c2)CC1. The van der Waals surface area contributed by atoms with Gasteiger partial charge >= 0.3 is 0 Å². The molecule has 21 heavy (non-hydrogen) atoms. The van der Waals surface area contributed by atoms with Crippen molar-refractivity contribution < 1.29 is 4.79 Å².